The van der Waals surface area contributed by atoms with E-state index in [1.54, 1.807) is 6.07 Å². The Morgan fingerprint density at radius 1 is 1.18 bits per heavy atom. The van der Waals surface area contributed by atoms with E-state index in [0.717, 1.165) is 50.3 Å². The van der Waals surface area contributed by atoms with Gasteiger partial charge in [-0.2, -0.15) is 0 Å². The third-order valence-corrected chi connectivity index (χ3v) is 3.52. The monoisotopic (exact) mass is 236 g/mol. The van der Waals surface area contributed by atoms with Crippen molar-refractivity contribution in [1.29, 1.82) is 0 Å². The van der Waals surface area contributed by atoms with Crippen LogP contribution in [-0.2, 0) is 13.0 Å². The molecule has 0 bridgehead atoms. The molecule has 17 heavy (non-hydrogen) atoms. The molecule has 1 aliphatic heterocycles. The first-order chi connectivity index (χ1) is 8.19. The minimum atomic E-state index is -0.0525. The van der Waals surface area contributed by atoms with Crippen molar-refractivity contribution in [2.24, 2.45) is 0 Å². The molecule has 0 saturated carbocycles. The summed E-state index contributed by atoms with van der Waals surface area (Å²) in [5, 5.41) is 0. The van der Waals surface area contributed by atoms with Crippen LogP contribution in [0.25, 0.3) is 0 Å². The molecule has 1 saturated heterocycles. The lowest BCUT2D eigenvalue weighted by molar-refractivity contribution is 0.147. The van der Waals surface area contributed by atoms with Crippen LogP contribution in [0.1, 0.15) is 18.1 Å². The smallest absolute Gasteiger partial charge is 0.127 e. The molecule has 2 nitrogen and oxygen atoms in total. The Bertz CT molecular complexity index is 370. The highest BCUT2D eigenvalue weighted by molar-refractivity contribution is 5.24. The number of aryl methyl sites for hydroxylation is 1. The van der Waals surface area contributed by atoms with E-state index in [4.69, 9.17) is 0 Å². The zero-order valence-corrected chi connectivity index (χ0v) is 10.7. The molecule has 94 valence electrons. The van der Waals surface area contributed by atoms with E-state index in [1.165, 1.54) is 0 Å². The summed E-state index contributed by atoms with van der Waals surface area (Å²) in [6, 6.07) is 5.65. The minimum absolute atomic E-state index is 0.0525. The first kappa shape index (κ1) is 12.5. The van der Waals surface area contributed by atoms with Gasteiger partial charge in [0, 0.05) is 38.3 Å². The fraction of sp³-hybridized carbons (Fsp3) is 0.571. The van der Waals surface area contributed by atoms with Crippen molar-refractivity contribution < 1.29 is 4.39 Å². The van der Waals surface area contributed by atoms with Gasteiger partial charge in [-0.1, -0.05) is 19.1 Å². The van der Waals surface area contributed by atoms with Crippen LogP contribution in [-0.4, -0.2) is 43.0 Å². The van der Waals surface area contributed by atoms with Gasteiger partial charge in [0.05, 0.1) is 0 Å². The Labute approximate surface area is 103 Å². The Morgan fingerprint density at radius 2 is 1.88 bits per heavy atom. The van der Waals surface area contributed by atoms with Gasteiger partial charge in [0.15, 0.2) is 0 Å². The van der Waals surface area contributed by atoms with Crippen LogP contribution in [0.4, 0.5) is 4.39 Å². The molecule has 0 N–H and O–H groups in total. The highest BCUT2D eigenvalue weighted by Gasteiger charge is 2.15. The topological polar surface area (TPSA) is 6.48 Å². The molecule has 1 fully saturated rings. The van der Waals surface area contributed by atoms with E-state index in [0.29, 0.717) is 0 Å². The molecule has 1 heterocycles. The molecule has 0 amide bonds. The summed E-state index contributed by atoms with van der Waals surface area (Å²) < 4.78 is 13.8. The van der Waals surface area contributed by atoms with Crippen LogP contribution < -0.4 is 0 Å². The summed E-state index contributed by atoms with van der Waals surface area (Å²) in [4.78, 5) is 4.64. The summed E-state index contributed by atoms with van der Waals surface area (Å²) in [5.41, 5.74) is 1.90. The van der Waals surface area contributed by atoms with Gasteiger partial charge in [0.1, 0.15) is 5.82 Å². The lowest BCUT2D eigenvalue weighted by Gasteiger charge is -2.32. The Morgan fingerprint density at radius 3 is 2.47 bits per heavy atom. The average molecular weight is 236 g/mol. The van der Waals surface area contributed by atoms with E-state index in [2.05, 4.69) is 23.8 Å². The predicted molar refractivity (Wildman–Crippen MR) is 68.6 cm³/mol. The Kier molecular flexibility index (Phi) is 4.13. The van der Waals surface area contributed by atoms with Gasteiger partial charge in [-0.3, -0.25) is 4.90 Å². The van der Waals surface area contributed by atoms with Crippen molar-refractivity contribution in [1.82, 2.24) is 9.80 Å². The highest BCUT2D eigenvalue weighted by atomic mass is 19.1. The maximum atomic E-state index is 13.8. The van der Waals surface area contributed by atoms with E-state index in [-0.39, 0.29) is 5.82 Å². The summed E-state index contributed by atoms with van der Waals surface area (Å²) in [6.07, 6.45) is 0.895. The molecule has 0 aliphatic carbocycles. The van der Waals surface area contributed by atoms with E-state index < -0.39 is 0 Å². The molecule has 0 unspecified atom stereocenters. The maximum Gasteiger partial charge on any atom is 0.127 e. The van der Waals surface area contributed by atoms with Gasteiger partial charge < -0.3 is 4.90 Å². The van der Waals surface area contributed by atoms with Crippen molar-refractivity contribution in [3.8, 4) is 0 Å². The lowest BCUT2D eigenvalue weighted by Crippen LogP contribution is -2.44. The third-order valence-electron chi connectivity index (χ3n) is 3.52. The van der Waals surface area contributed by atoms with Crippen molar-refractivity contribution in [2.75, 3.05) is 33.2 Å². The molecule has 0 atom stereocenters. The summed E-state index contributed by atoms with van der Waals surface area (Å²) in [7, 11) is 2.13. The van der Waals surface area contributed by atoms with Gasteiger partial charge in [0.25, 0.3) is 0 Å². The molecule has 1 aliphatic rings. The van der Waals surface area contributed by atoms with Crippen LogP contribution in [0, 0.1) is 5.82 Å². The molecule has 1 aromatic rings. The first-order valence-electron chi connectivity index (χ1n) is 6.37. The third kappa shape index (κ3) is 3.27. The molecule has 3 heteroatoms. The normalized spacial score (nSPS) is 18.5. The second-order valence-electron chi connectivity index (χ2n) is 4.86. The van der Waals surface area contributed by atoms with Gasteiger partial charge in [-0.25, -0.2) is 4.39 Å². The number of hydrogen-bond acceptors (Lipinski definition) is 2. The largest absolute Gasteiger partial charge is 0.304 e. The van der Waals surface area contributed by atoms with E-state index in [9.17, 15) is 4.39 Å². The summed E-state index contributed by atoms with van der Waals surface area (Å²) >= 11 is 0. The van der Waals surface area contributed by atoms with Crippen LogP contribution in [0.2, 0.25) is 0 Å². The van der Waals surface area contributed by atoms with Crippen LogP contribution in [0.15, 0.2) is 18.2 Å². The number of rotatable bonds is 3. The minimum Gasteiger partial charge on any atom is -0.304 e. The van der Waals surface area contributed by atoms with Gasteiger partial charge >= 0.3 is 0 Å². The van der Waals surface area contributed by atoms with Crippen molar-refractivity contribution >= 4 is 0 Å². The quantitative estimate of drug-likeness (QED) is 0.793. The number of benzene rings is 1. The lowest BCUT2D eigenvalue weighted by atomic mass is 10.1. The molecule has 0 radical (unpaired) electrons. The molecule has 1 aromatic carbocycles. The molecule has 0 aromatic heterocycles. The Balaban J connectivity index is 1.99. The molecular formula is C14H21FN2. The second-order valence-corrected chi connectivity index (χ2v) is 4.86. The fourth-order valence-corrected chi connectivity index (χ4v) is 2.19. The SMILES string of the molecule is CCc1ccc(CN2CCN(C)CC2)c(F)c1. The van der Waals surface area contributed by atoms with Crippen molar-refractivity contribution in [3.63, 3.8) is 0 Å². The summed E-state index contributed by atoms with van der Waals surface area (Å²) in [5.74, 6) is -0.0525. The van der Waals surface area contributed by atoms with E-state index in [1.807, 2.05) is 12.1 Å². The summed E-state index contributed by atoms with van der Waals surface area (Å²) in [6.45, 7) is 7.01. The second kappa shape index (κ2) is 5.61. The number of likely N-dealkylation sites (N-methyl/N-ethyl adjacent to an activating group) is 1. The highest BCUT2D eigenvalue weighted by Crippen LogP contribution is 2.14. The van der Waals surface area contributed by atoms with Gasteiger partial charge in [-0.05, 0) is 25.1 Å². The number of nitrogens with zero attached hydrogens (tertiary/aromatic N) is 2. The van der Waals surface area contributed by atoms with Gasteiger partial charge in [-0.15, -0.1) is 0 Å². The van der Waals surface area contributed by atoms with Crippen molar-refractivity contribution in [2.45, 2.75) is 19.9 Å². The van der Waals surface area contributed by atoms with Crippen LogP contribution in [0.5, 0.6) is 0 Å². The van der Waals surface area contributed by atoms with Gasteiger partial charge in [0.2, 0.25) is 0 Å². The number of hydrogen-bond donors (Lipinski definition) is 0. The predicted octanol–water partition coefficient (Wildman–Crippen LogP) is 2.14. The molecule has 2 rings (SSSR count). The first-order valence-corrected chi connectivity index (χ1v) is 6.37. The zero-order chi connectivity index (χ0) is 12.3. The number of halogens is 1. The number of piperazine rings is 1. The van der Waals surface area contributed by atoms with E-state index >= 15 is 0 Å². The average Bonchev–Trinajstić information content (AvgIpc) is 2.34. The van der Waals surface area contributed by atoms with Crippen LogP contribution in [0.3, 0.4) is 0 Å². The maximum absolute atomic E-state index is 13.8. The standard InChI is InChI=1S/C14H21FN2/c1-3-12-4-5-13(14(15)10-12)11-17-8-6-16(2)7-9-17/h4-5,10H,3,6-9,11H2,1-2H3. The molecule has 0 spiro atoms. The van der Waals surface area contributed by atoms with Crippen molar-refractivity contribution in [3.05, 3.63) is 35.1 Å². The Hall–Kier alpha value is -0.930. The molecular weight excluding hydrogens is 215 g/mol. The zero-order valence-electron chi connectivity index (χ0n) is 10.7. The van der Waals surface area contributed by atoms with Crippen LogP contribution >= 0.6 is 0 Å². The fourth-order valence-electron chi connectivity index (χ4n) is 2.19.